The van der Waals surface area contributed by atoms with E-state index >= 15 is 0 Å². The summed E-state index contributed by atoms with van der Waals surface area (Å²) in [6.45, 7) is 12.3. The Morgan fingerprint density at radius 3 is 2.42 bits per heavy atom. The molecule has 0 bridgehead atoms. The minimum Gasteiger partial charge on any atom is -0.299 e. The van der Waals surface area contributed by atoms with Crippen LogP contribution in [0.2, 0.25) is 0 Å². The summed E-state index contributed by atoms with van der Waals surface area (Å²) < 4.78 is 0. The topological polar surface area (TPSA) is 24.1 Å². The zero-order valence-electron chi connectivity index (χ0n) is 8.56. The molecule has 0 rings (SSSR count). The van der Waals surface area contributed by atoms with Crippen LogP contribution in [0, 0.1) is 5.92 Å². The Kier molecular flexibility index (Phi) is 7.11. The molecule has 2 atom stereocenters. The van der Waals surface area contributed by atoms with Gasteiger partial charge in [0.05, 0.1) is 6.17 Å². The molecule has 0 aliphatic heterocycles. The lowest BCUT2D eigenvalue weighted by atomic mass is 10.1. The van der Waals surface area contributed by atoms with E-state index in [-0.39, 0.29) is 6.17 Å². The van der Waals surface area contributed by atoms with Gasteiger partial charge in [0.2, 0.25) is 0 Å². The Bertz CT molecular complexity index is 112. The van der Waals surface area contributed by atoms with Gasteiger partial charge in [0.25, 0.3) is 0 Å². The molecule has 0 amide bonds. The van der Waals surface area contributed by atoms with Crippen molar-refractivity contribution in [2.45, 2.75) is 33.4 Å². The summed E-state index contributed by atoms with van der Waals surface area (Å²) in [6, 6.07) is 0. The molecular weight excluding hydrogens is 148 g/mol. The van der Waals surface area contributed by atoms with Gasteiger partial charge >= 0.3 is 0 Å². The van der Waals surface area contributed by atoms with E-state index < -0.39 is 0 Å². The maximum absolute atomic E-state index is 3.76. The van der Waals surface area contributed by atoms with Crippen molar-refractivity contribution in [1.82, 2.24) is 10.6 Å². The molecule has 2 unspecified atom stereocenters. The van der Waals surface area contributed by atoms with Gasteiger partial charge in [0.1, 0.15) is 0 Å². The highest BCUT2D eigenvalue weighted by Gasteiger charge is 2.02. The summed E-state index contributed by atoms with van der Waals surface area (Å²) in [7, 11) is 0. The van der Waals surface area contributed by atoms with Crippen molar-refractivity contribution in [3.8, 4) is 0 Å². The maximum atomic E-state index is 3.76. The zero-order valence-corrected chi connectivity index (χ0v) is 8.56. The first kappa shape index (κ1) is 11.7. The van der Waals surface area contributed by atoms with Gasteiger partial charge in [-0.1, -0.05) is 33.3 Å². The van der Waals surface area contributed by atoms with Gasteiger partial charge in [0.15, 0.2) is 0 Å². The molecule has 0 spiro atoms. The minimum atomic E-state index is 0.268. The lowest BCUT2D eigenvalue weighted by molar-refractivity contribution is 0.436. The normalized spacial score (nSPS) is 15.6. The van der Waals surface area contributed by atoms with Gasteiger partial charge in [0, 0.05) is 0 Å². The minimum absolute atomic E-state index is 0.268. The van der Waals surface area contributed by atoms with Crippen LogP contribution in [-0.2, 0) is 0 Å². The number of hydrogen-bond donors (Lipinski definition) is 2. The average Bonchev–Trinajstić information content (AvgIpc) is 2.11. The van der Waals surface area contributed by atoms with E-state index in [1.165, 1.54) is 6.42 Å². The SMILES string of the molecule is C=CC(NCC)NCC(C)CC. The molecule has 0 aliphatic carbocycles. The summed E-state index contributed by atoms with van der Waals surface area (Å²) in [6.07, 6.45) is 3.40. The molecule has 2 N–H and O–H groups in total. The Balaban J connectivity index is 3.49. The summed E-state index contributed by atoms with van der Waals surface area (Å²) in [4.78, 5) is 0. The van der Waals surface area contributed by atoms with Crippen LogP contribution in [0.4, 0.5) is 0 Å². The first-order valence-electron chi connectivity index (χ1n) is 4.83. The molecule has 0 saturated heterocycles. The summed E-state index contributed by atoms with van der Waals surface area (Å²) in [5.74, 6) is 0.742. The summed E-state index contributed by atoms with van der Waals surface area (Å²) in [5.41, 5.74) is 0. The molecule has 2 nitrogen and oxygen atoms in total. The lowest BCUT2D eigenvalue weighted by Gasteiger charge is -2.17. The van der Waals surface area contributed by atoms with Crippen molar-refractivity contribution >= 4 is 0 Å². The maximum Gasteiger partial charge on any atom is 0.0761 e. The van der Waals surface area contributed by atoms with E-state index in [4.69, 9.17) is 0 Å². The van der Waals surface area contributed by atoms with E-state index in [0.717, 1.165) is 19.0 Å². The molecule has 0 aromatic carbocycles. The molecule has 2 heteroatoms. The van der Waals surface area contributed by atoms with Gasteiger partial charge in [-0.05, 0) is 19.0 Å². The summed E-state index contributed by atoms with van der Waals surface area (Å²) >= 11 is 0. The molecule has 0 aromatic rings. The van der Waals surface area contributed by atoms with Crippen LogP contribution in [0.3, 0.4) is 0 Å². The van der Waals surface area contributed by atoms with E-state index in [2.05, 4.69) is 38.0 Å². The van der Waals surface area contributed by atoms with Crippen LogP contribution in [0.15, 0.2) is 12.7 Å². The van der Waals surface area contributed by atoms with E-state index in [0.29, 0.717) is 0 Å². The Hall–Kier alpha value is -0.340. The predicted octanol–water partition coefficient (Wildman–Crippen LogP) is 1.74. The molecule has 0 saturated carbocycles. The number of nitrogens with one attached hydrogen (secondary N) is 2. The highest BCUT2D eigenvalue weighted by Crippen LogP contribution is 1.97. The fraction of sp³-hybridized carbons (Fsp3) is 0.800. The van der Waals surface area contributed by atoms with Crippen molar-refractivity contribution < 1.29 is 0 Å². The Morgan fingerprint density at radius 2 is 2.00 bits per heavy atom. The Morgan fingerprint density at radius 1 is 1.33 bits per heavy atom. The number of hydrogen-bond acceptors (Lipinski definition) is 2. The number of rotatable bonds is 7. The first-order chi connectivity index (χ1) is 5.74. The second-order valence-corrected chi connectivity index (χ2v) is 3.19. The highest BCUT2D eigenvalue weighted by atomic mass is 15.1. The fourth-order valence-corrected chi connectivity index (χ4v) is 0.931. The zero-order chi connectivity index (χ0) is 9.40. The second kappa shape index (κ2) is 7.32. The third-order valence-corrected chi connectivity index (χ3v) is 2.04. The molecule has 0 heterocycles. The molecule has 0 aromatic heterocycles. The van der Waals surface area contributed by atoms with Crippen molar-refractivity contribution in [2.24, 2.45) is 5.92 Å². The molecule has 12 heavy (non-hydrogen) atoms. The van der Waals surface area contributed by atoms with Gasteiger partial charge in [-0.2, -0.15) is 0 Å². The smallest absolute Gasteiger partial charge is 0.0761 e. The molecule has 0 fully saturated rings. The fourth-order valence-electron chi connectivity index (χ4n) is 0.931. The van der Waals surface area contributed by atoms with Gasteiger partial charge in [-0.15, -0.1) is 6.58 Å². The van der Waals surface area contributed by atoms with Crippen LogP contribution >= 0.6 is 0 Å². The van der Waals surface area contributed by atoms with E-state index in [1.54, 1.807) is 0 Å². The van der Waals surface area contributed by atoms with Crippen LogP contribution < -0.4 is 10.6 Å². The van der Waals surface area contributed by atoms with Crippen LogP contribution in [0.1, 0.15) is 27.2 Å². The number of likely N-dealkylation sites (N-methyl/N-ethyl adjacent to an activating group) is 1. The Labute approximate surface area is 76.4 Å². The van der Waals surface area contributed by atoms with Crippen molar-refractivity contribution in [2.75, 3.05) is 13.1 Å². The first-order valence-corrected chi connectivity index (χ1v) is 4.83. The van der Waals surface area contributed by atoms with Gasteiger partial charge in [-0.3, -0.25) is 10.6 Å². The van der Waals surface area contributed by atoms with Crippen molar-refractivity contribution in [3.05, 3.63) is 12.7 Å². The third kappa shape index (κ3) is 5.33. The second-order valence-electron chi connectivity index (χ2n) is 3.19. The lowest BCUT2D eigenvalue weighted by Crippen LogP contribution is -2.42. The van der Waals surface area contributed by atoms with Crippen LogP contribution in [-0.4, -0.2) is 19.3 Å². The predicted molar refractivity (Wildman–Crippen MR) is 55.1 cm³/mol. The standard InChI is InChI=1S/C10H22N2/c1-5-9(4)8-12-10(6-2)11-7-3/h6,9-12H,2,5,7-8H2,1,3-4H3. The van der Waals surface area contributed by atoms with E-state index in [9.17, 15) is 0 Å². The molecule has 0 aliphatic rings. The molecule has 72 valence electrons. The quantitative estimate of drug-likeness (QED) is 0.449. The van der Waals surface area contributed by atoms with Crippen LogP contribution in [0.25, 0.3) is 0 Å². The highest BCUT2D eigenvalue weighted by molar-refractivity contribution is 4.83. The molecular formula is C10H22N2. The molecule has 0 radical (unpaired) electrons. The monoisotopic (exact) mass is 170 g/mol. The summed E-state index contributed by atoms with van der Waals surface area (Å²) in [5, 5.41) is 6.67. The van der Waals surface area contributed by atoms with Crippen molar-refractivity contribution in [3.63, 3.8) is 0 Å². The van der Waals surface area contributed by atoms with Crippen LogP contribution in [0.5, 0.6) is 0 Å². The van der Waals surface area contributed by atoms with Gasteiger partial charge in [-0.25, -0.2) is 0 Å². The van der Waals surface area contributed by atoms with Gasteiger partial charge < -0.3 is 0 Å². The third-order valence-electron chi connectivity index (χ3n) is 2.04. The van der Waals surface area contributed by atoms with E-state index in [1.807, 2.05) is 6.08 Å². The largest absolute Gasteiger partial charge is 0.299 e. The van der Waals surface area contributed by atoms with Crippen molar-refractivity contribution in [1.29, 1.82) is 0 Å². The average molecular weight is 170 g/mol.